The number of fused-ring (bicyclic) bond motifs is 11. The third-order valence-electron chi connectivity index (χ3n) is 12.3. The summed E-state index contributed by atoms with van der Waals surface area (Å²) in [6.07, 6.45) is 0. The van der Waals surface area contributed by atoms with E-state index in [1.54, 1.807) is 0 Å². The number of benzene rings is 10. The molecule has 1 heterocycles. The van der Waals surface area contributed by atoms with Crippen LogP contribution < -0.4 is 0 Å². The molecule has 260 valence electrons. The lowest BCUT2D eigenvalue weighted by atomic mass is 9.67. The molecule has 0 radical (unpaired) electrons. The minimum absolute atomic E-state index is 0.546. The first-order valence-corrected chi connectivity index (χ1v) is 19.4. The molecule has 0 saturated carbocycles. The number of rotatable bonds is 4. The van der Waals surface area contributed by atoms with Crippen LogP contribution in [0.3, 0.4) is 0 Å². The first-order chi connectivity index (χ1) is 27.8. The Hall–Kier alpha value is -7.22. The molecule has 0 saturated heterocycles. The van der Waals surface area contributed by atoms with Crippen molar-refractivity contribution in [1.82, 2.24) is 0 Å². The molecule has 1 nitrogen and oxygen atoms in total. The number of hydrogen-bond donors (Lipinski definition) is 0. The van der Waals surface area contributed by atoms with Gasteiger partial charge in [-0.1, -0.05) is 188 Å². The standard InChI is InChI=1S/C55H34O/c1-3-17-38(18-4-1)55(39-19-5-2-6-20-39)49-33-32-45-44(43-24-11-16-35-14-7-9-21-40(35)43)25-12-26-46(45)52(49)47-30-29-37(34-50(47)55)41-23-13-27-51-53(41)48-31-28-36-15-8-10-22-42(36)54(48)56-51/h1-34H. The van der Waals surface area contributed by atoms with Gasteiger partial charge in [0.1, 0.15) is 11.2 Å². The van der Waals surface area contributed by atoms with Crippen LogP contribution in [0.25, 0.3) is 87.6 Å². The highest BCUT2D eigenvalue weighted by Crippen LogP contribution is 2.59. The van der Waals surface area contributed by atoms with E-state index in [0.29, 0.717) is 0 Å². The first-order valence-electron chi connectivity index (χ1n) is 19.4. The zero-order valence-corrected chi connectivity index (χ0v) is 30.5. The lowest BCUT2D eigenvalue weighted by molar-refractivity contribution is 0.673. The fourth-order valence-electron chi connectivity index (χ4n) is 10.0. The van der Waals surface area contributed by atoms with Gasteiger partial charge < -0.3 is 4.42 Å². The molecule has 0 amide bonds. The van der Waals surface area contributed by atoms with Gasteiger partial charge in [0.2, 0.25) is 0 Å². The predicted molar refractivity (Wildman–Crippen MR) is 234 cm³/mol. The van der Waals surface area contributed by atoms with Gasteiger partial charge in [-0.3, -0.25) is 0 Å². The highest BCUT2D eigenvalue weighted by atomic mass is 16.3. The highest BCUT2D eigenvalue weighted by molar-refractivity contribution is 6.19. The van der Waals surface area contributed by atoms with Crippen LogP contribution in [0.5, 0.6) is 0 Å². The Balaban J connectivity index is 1.18. The van der Waals surface area contributed by atoms with E-state index in [-0.39, 0.29) is 0 Å². The molecule has 11 aromatic rings. The van der Waals surface area contributed by atoms with Crippen molar-refractivity contribution in [2.24, 2.45) is 0 Å². The fourth-order valence-corrected chi connectivity index (χ4v) is 10.0. The maximum atomic E-state index is 6.67. The molecule has 12 rings (SSSR count). The van der Waals surface area contributed by atoms with Crippen molar-refractivity contribution in [3.63, 3.8) is 0 Å². The van der Waals surface area contributed by atoms with Crippen LogP contribution in [0.4, 0.5) is 0 Å². The second kappa shape index (κ2) is 11.9. The molecule has 0 bridgehead atoms. The zero-order valence-electron chi connectivity index (χ0n) is 30.5. The van der Waals surface area contributed by atoms with Gasteiger partial charge in [-0.05, 0) is 101 Å². The van der Waals surface area contributed by atoms with Crippen LogP contribution in [-0.2, 0) is 5.41 Å². The molecule has 0 fully saturated rings. The minimum Gasteiger partial charge on any atom is -0.455 e. The van der Waals surface area contributed by atoms with Crippen LogP contribution in [0.15, 0.2) is 211 Å². The minimum atomic E-state index is -0.546. The van der Waals surface area contributed by atoms with Crippen molar-refractivity contribution in [2.75, 3.05) is 0 Å². The van der Waals surface area contributed by atoms with E-state index in [9.17, 15) is 0 Å². The molecule has 0 N–H and O–H groups in total. The van der Waals surface area contributed by atoms with E-state index in [2.05, 4.69) is 206 Å². The van der Waals surface area contributed by atoms with E-state index in [1.165, 1.54) is 82.6 Å². The predicted octanol–water partition coefficient (Wildman–Crippen LogP) is 14.7. The zero-order chi connectivity index (χ0) is 36.8. The lowest BCUT2D eigenvalue weighted by Crippen LogP contribution is -2.28. The summed E-state index contributed by atoms with van der Waals surface area (Å²) in [5, 5.41) is 9.66. The first kappa shape index (κ1) is 31.2. The summed E-state index contributed by atoms with van der Waals surface area (Å²) in [6.45, 7) is 0. The Morgan fingerprint density at radius 3 is 1.71 bits per heavy atom. The normalized spacial score (nSPS) is 13.1. The molecular formula is C55H34O. The third kappa shape index (κ3) is 4.26. The van der Waals surface area contributed by atoms with E-state index in [4.69, 9.17) is 4.42 Å². The number of furan rings is 1. The van der Waals surface area contributed by atoms with Gasteiger partial charge in [0.05, 0.1) is 5.41 Å². The molecule has 0 aliphatic heterocycles. The van der Waals surface area contributed by atoms with Crippen molar-refractivity contribution in [3.8, 4) is 33.4 Å². The summed E-state index contributed by atoms with van der Waals surface area (Å²) in [7, 11) is 0. The van der Waals surface area contributed by atoms with Crippen molar-refractivity contribution >= 4 is 54.3 Å². The van der Waals surface area contributed by atoms with Crippen LogP contribution >= 0.6 is 0 Å². The summed E-state index contributed by atoms with van der Waals surface area (Å²) >= 11 is 0. The SMILES string of the molecule is c1ccc(C2(c3ccccc3)c3cc(-c4cccc5oc6c7ccccc7ccc6c45)ccc3-c3c2ccc2c(-c4cccc5ccccc45)cccc32)cc1. The van der Waals surface area contributed by atoms with E-state index >= 15 is 0 Å². The van der Waals surface area contributed by atoms with Gasteiger partial charge in [0.15, 0.2) is 0 Å². The quantitative estimate of drug-likeness (QED) is 0.177. The highest BCUT2D eigenvalue weighted by Gasteiger charge is 2.47. The van der Waals surface area contributed by atoms with Gasteiger partial charge in [-0.2, -0.15) is 0 Å². The Kier molecular flexibility index (Phi) is 6.62. The molecule has 1 aliphatic rings. The average molecular weight is 711 g/mol. The maximum absolute atomic E-state index is 6.67. The largest absolute Gasteiger partial charge is 0.455 e. The molecule has 1 aliphatic carbocycles. The van der Waals surface area contributed by atoms with E-state index < -0.39 is 5.41 Å². The Labute approximate surface area is 324 Å². The van der Waals surface area contributed by atoms with Gasteiger partial charge in [-0.25, -0.2) is 0 Å². The second-order valence-corrected chi connectivity index (χ2v) is 15.1. The Morgan fingerprint density at radius 2 is 0.929 bits per heavy atom. The van der Waals surface area contributed by atoms with Crippen molar-refractivity contribution < 1.29 is 4.42 Å². The Bertz CT molecular complexity index is 3310. The van der Waals surface area contributed by atoms with Crippen molar-refractivity contribution in [1.29, 1.82) is 0 Å². The monoisotopic (exact) mass is 710 g/mol. The maximum Gasteiger partial charge on any atom is 0.143 e. The van der Waals surface area contributed by atoms with Gasteiger partial charge in [0.25, 0.3) is 0 Å². The smallest absolute Gasteiger partial charge is 0.143 e. The van der Waals surface area contributed by atoms with E-state index in [1.807, 2.05) is 0 Å². The van der Waals surface area contributed by atoms with Crippen LogP contribution in [-0.4, -0.2) is 0 Å². The molecule has 10 aromatic carbocycles. The van der Waals surface area contributed by atoms with Crippen molar-refractivity contribution in [2.45, 2.75) is 5.41 Å². The van der Waals surface area contributed by atoms with Crippen LogP contribution in [0.2, 0.25) is 0 Å². The lowest BCUT2D eigenvalue weighted by Gasteiger charge is -2.34. The average Bonchev–Trinajstić information content (AvgIpc) is 3.81. The molecule has 0 atom stereocenters. The molecule has 56 heavy (non-hydrogen) atoms. The Morgan fingerprint density at radius 1 is 0.339 bits per heavy atom. The number of hydrogen-bond acceptors (Lipinski definition) is 1. The summed E-state index contributed by atoms with van der Waals surface area (Å²) in [6, 6.07) is 75.9. The molecule has 1 heteroatoms. The van der Waals surface area contributed by atoms with Gasteiger partial charge in [0, 0.05) is 16.2 Å². The summed E-state index contributed by atoms with van der Waals surface area (Å²) < 4.78 is 6.67. The third-order valence-corrected chi connectivity index (χ3v) is 12.3. The van der Waals surface area contributed by atoms with Crippen LogP contribution in [0, 0.1) is 0 Å². The van der Waals surface area contributed by atoms with Crippen LogP contribution in [0.1, 0.15) is 22.3 Å². The summed E-state index contributed by atoms with van der Waals surface area (Å²) in [5.41, 5.74) is 13.8. The second-order valence-electron chi connectivity index (χ2n) is 15.1. The summed E-state index contributed by atoms with van der Waals surface area (Å²) in [4.78, 5) is 0. The topological polar surface area (TPSA) is 13.1 Å². The van der Waals surface area contributed by atoms with Gasteiger partial charge >= 0.3 is 0 Å². The summed E-state index contributed by atoms with van der Waals surface area (Å²) in [5.74, 6) is 0. The molecular weight excluding hydrogens is 677 g/mol. The molecule has 1 aromatic heterocycles. The molecule has 0 unspecified atom stereocenters. The fraction of sp³-hybridized carbons (Fsp3) is 0.0182. The van der Waals surface area contributed by atoms with Crippen molar-refractivity contribution in [3.05, 3.63) is 229 Å². The van der Waals surface area contributed by atoms with Gasteiger partial charge in [-0.15, -0.1) is 0 Å². The molecule has 0 spiro atoms. The van der Waals surface area contributed by atoms with E-state index in [0.717, 1.165) is 27.3 Å².